The average molecular weight is 531 g/mol. The lowest BCUT2D eigenvalue weighted by Gasteiger charge is -2.58. The van der Waals surface area contributed by atoms with Crippen LogP contribution in [-0.2, 0) is 18.8 Å². The summed E-state index contributed by atoms with van der Waals surface area (Å²) in [6.07, 6.45) is 14.8. The van der Waals surface area contributed by atoms with Gasteiger partial charge in [-0.3, -0.25) is 8.74 Å². The maximum atomic E-state index is 11.1. The standard InChI is InChI=1S/C27H46O6S2/c1-18(7-6-14-25(2,3)33-35(29,30)31)22-10-11-23-21-9-8-19-17-20(32-34-28)12-15-26(19,4)24(21)13-16-27(22,23)5/h8,18,20-24,28H,6-7,9-17H2,1-5H3,(H,29,30,31)/t18-,20-,21-,22+,23-,24-,26-,27+/m0/s1. The molecule has 35 heavy (non-hydrogen) atoms. The molecule has 0 saturated heterocycles. The Kier molecular flexibility index (Phi) is 8.14. The predicted octanol–water partition coefficient (Wildman–Crippen LogP) is 7.48. The van der Waals surface area contributed by atoms with Gasteiger partial charge in [0.25, 0.3) is 0 Å². The molecule has 0 amide bonds. The summed E-state index contributed by atoms with van der Waals surface area (Å²) in [5, 5.41) is 0. The van der Waals surface area contributed by atoms with E-state index in [4.69, 9.17) is 17.5 Å². The maximum Gasteiger partial charge on any atom is 0.397 e. The lowest BCUT2D eigenvalue weighted by molar-refractivity contribution is -0.0556. The van der Waals surface area contributed by atoms with Gasteiger partial charge in [0.1, 0.15) is 0 Å². The molecule has 202 valence electrons. The summed E-state index contributed by atoms with van der Waals surface area (Å²) < 4.78 is 50.8. The Morgan fingerprint density at radius 1 is 1.17 bits per heavy atom. The molecule has 0 aromatic rings. The minimum atomic E-state index is -4.43. The molecule has 8 heteroatoms. The minimum absolute atomic E-state index is 0.138. The zero-order chi connectivity index (χ0) is 25.6. The topological polar surface area (TPSA) is 93.1 Å². The zero-order valence-corrected chi connectivity index (χ0v) is 23.8. The molecule has 0 aromatic carbocycles. The number of rotatable bonds is 9. The van der Waals surface area contributed by atoms with E-state index in [-0.39, 0.29) is 11.5 Å². The van der Waals surface area contributed by atoms with Gasteiger partial charge in [-0.05, 0) is 112 Å². The second-order valence-electron chi connectivity index (χ2n) is 13.2. The molecular weight excluding hydrogens is 484 g/mol. The van der Waals surface area contributed by atoms with Gasteiger partial charge in [-0.2, -0.15) is 8.42 Å². The highest BCUT2D eigenvalue weighted by molar-refractivity contribution is 7.88. The third kappa shape index (κ3) is 5.68. The van der Waals surface area contributed by atoms with E-state index in [2.05, 4.69) is 26.8 Å². The SMILES string of the molecule is C[C@@H](CCCC(C)(C)OS(=O)(=O)O)[C@H]1CC[C@H]2[C@@H]3CC=C4C[C@@H](OSO)CC[C@]4(C)[C@H]3CC[C@]12C. The Morgan fingerprint density at radius 3 is 2.60 bits per heavy atom. The molecular formula is C27H46O6S2. The molecule has 0 aromatic heterocycles. The van der Waals surface area contributed by atoms with Crippen LogP contribution in [0, 0.1) is 40.4 Å². The van der Waals surface area contributed by atoms with Crippen molar-refractivity contribution in [1.29, 1.82) is 0 Å². The molecule has 8 atom stereocenters. The number of hydrogen-bond acceptors (Lipinski definition) is 6. The van der Waals surface area contributed by atoms with Gasteiger partial charge >= 0.3 is 10.4 Å². The molecule has 0 bridgehead atoms. The lowest BCUT2D eigenvalue weighted by atomic mass is 9.47. The van der Waals surface area contributed by atoms with Crippen molar-refractivity contribution in [2.24, 2.45) is 40.4 Å². The van der Waals surface area contributed by atoms with Crippen LogP contribution in [0.5, 0.6) is 0 Å². The summed E-state index contributed by atoms with van der Waals surface area (Å²) >= 11 is 0.521. The Balaban J connectivity index is 1.40. The van der Waals surface area contributed by atoms with Crippen LogP contribution in [0.25, 0.3) is 0 Å². The van der Waals surface area contributed by atoms with Crippen molar-refractivity contribution in [2.75, 3.05) is 0 Å². The summed E-state index contributed by atoms with van der Waals surface area (Å²) in [5.74, 6) is 3.62. The fourth-order valence-corrected chi connectivity index (χ4v) is 10.1. The van der Waals surface area contributed by atoms with Crippen LogP contribution in [0.15, 0.2) is 11.6 Å². The fraction of sp³-hybridized carbons (Fsp3) is 0.926. The molecule has 0 spiro atoms. The number of allylic oxidation sites excluding steroid dienone is 1. The van der Waals surface area contributed by atoms with E-state index < -0.39 is 16.0 Å². The van der Waals surface area contributed by atoms with Crippen LogP contribution in [0.2, 0.25) is 0 Å². The van der Waals surface area contributed by atoms with Crippen LogP contribution in [-0.4, -0.2) is 29.2 Å². The highest BCUT2D eigenvalue weighted by atomic mass is 32.3. The second-order valence-corrected chi connectivity index (χ2v) is 14.5. The summed E-state index contributed by atoms with van der Waals surface area (Å²) in [4.78, 5) is 0. The molecule has 0 heterocycles. The fourth-order valence-electron chi connectivity index (χ4n) is 9.12. The molecule has 6 nitrogen and oxygen atoms in total. The van der Waals surface area contributed by atoms with Crippen LogP contribution >= 0.6 is 12.3 Å². The predicted molar refractivity (Wildman–Crippen MR) is 140 cm³/mol. The van der Waals surface area contributed by atoms with Crippen LogP contribution in [0.1, 0.15) is 105 Å². The van der Waals surface area contributed by atoms with E-state index in [1.54, 1.807) is 19.4 Å². The summed E-state index contributed by atoms with van der Waals surface area (Å²) in [6.45, 7) is 10.9. The Bertz CT molecular complexity index is 901. The molecule has 0 radical (unpaired) electrons. The molecule has 3 saturated carbocycles. The Morgan fingerprint density at radius 2 is 1.91 bits per heavy atom. The van der Waals surface area contributed by atoms with Gasteiger partial charge < -0.3 is 4.55 Å². The molecule has 4 rings (SSSR count). The van der Waals surface area contributed by atoms with Crippen molar-refractivity contribution in [3.8, 4) is 0 Å². The van der Waals surface area contributed by atoms with Crippen LogP contribution in [0.4, 0.5) is 0 Å². The first-order valence-corrected chi connectivity index (χ1v) is 15.7. The van der Waals surface area contributed by atoms with Crippen LogP contribution in [0.3, 0.4) is 0 Å². The first-order valence-electron chi connectivity index (χ1n) is 13.6. The van der Waals surface area contributed by atoms with Gasteiger partial charge in [0, 0.05) is 0 Å². The van der Waals surface area contributed by atoms with E-state index >= 15 is 0 Å². The maximum absolute atomic E-state index is 11.1. The number of hydrogen-bond donors (Lipinski definition) is 2. The van der Waals surface area contributed by atoms with E-state index in [0.29, 0.717) is 36.0 Å². The van der Waals surface area contributed by atoms with Gasteiger partial charge in [0.05, 0.1) is 11.7 Å². The number of fused-ring (bicyclic) bond motifs is 5. The average Bonchev–Trinajstić information content (AvgIpc) is 3.09. The normalized spacial score (nSPS) is 40.4. The van der Waals surface area contributed by atoms with Gasteiger partial charge in [0.15, 0.2) is 12.3 Å². The first kappa shape index (κ1) is 27.9. The highest BCUT2D eigenvalue weighted by Crippen LogP contribution is 2.67. The van der Waals surface area contributed by atoms with Crippen molar-refractivity contribution >= 4 is 22.7 Å². The van der Waals surface area contributed by atoms with E-state index in [1.165, 1.54) is 32.1 Å². The van der Waals surface area contributed by atoms with E-state index in [0.717, 1.165) is 49.9 Å². The first-order chi connectivity index (χ1) is 16.3. The van der Waals surface area contributed by atoms with Gasteiger partial charge in [-0.15, -0.1) is 0 Å². The van der Waals surface area contributed by atoms with Crippen molar-refractivity contribution in [3.05, 3.63) is 11.6 Å². The lowest BCUT2D eigenvalue weighted by Crippen LogP contribution is -2.50. The van der Waals surface area contributed by atoms with Crippen molar-refractivity contribution in [2.45, 2.75) is 117 Å². The van der Waals surface area contributed by atoms with Gasteiger partial charge in [-0.1, -0.05) is 45.3 Å². The Labute approximate surface area is 217 Å². The van der Waals surface area contributed by atoms with E-state index in [9.17, 15) is 8.42 Å². The third-order valence-electron chi connectivity index (χ3n) is 10.8. The summed E-state index contributed by atoms with van der Waals surface area (Å²) in [7, 11) is -4.43. The van der Waals surface area contributed by atoms with E-state index in [1.807, 2.05) is 0 Å². The molecule has 3 fully saturated rings. The second kappa shape index (κ2) is 10.2. The Hall–Kier alpha value is -0.120. The van der Waals surface area contributed by atoms with Gasteiger partial charge in [-0.25, -0.2) is 4.18 Å². The molecule has 2 N–H and O–H groups in total. The minimum Gasteiger partial charge on any atom is -0.307 e. The largest absolute Gasteiger partial charge is 0.397 e. The smallest absolute Gasteiger partial charge is 0.307 e. The highest BCUT2D eigenvalue weighted by Gasteiger charge is 2.59. The van der Waals surface area contributed by atoms with Crippen molar-refractivity contribution in [1.82, 2.24) is 0 Å². The summed E-state index contributed by atoms with van der Waals surface area (Å²) in [5.41, 5.74) is 1.36. The zero-order valence-electron chi connectivity index (χ0n) is 22.2. The molecule has 0 aliphatic heterocycles. The monoisotopic (exact) mass is 530 g/mol. The third-order valence-corrected chi connectivity index (χ3v) is 11.8. The molecule has 4 aliphatic carbocycles. The van der Waals surface area contributed by atoms with Crippen LogP contribution < -0.4 is 0 Å². The summed E-state index contributed by atoms with van der Waals surface area (Å²) in [6, 6.07) is 0. The van der Waals surface area contributed by atoms with Crippen molar-refractivity contribution in [3.63, 3.8) is 0 Å². The quantitative estimate of drug-likeness (QED) is 0.181. The molecule has 4 aliphatic rings. The van der Waals surface area contributed by atoms with Crippen molar-refractivity contribution < 1.29 is 25.9 Å². The molecule has 0 unspecified atom stereocenters. The van der Waals surface area contributed by atoms with Gasteiger partial charge in [0.2, 0.25) is 0 Å².